The largest absolute Gasteiger partial charge is 0.384 e. The summed E-state index contributed by atoms with van der Waals surface area (Å²) in [5.41, 5.74) is -1.44. The molecule has 4 heterocycles. The molecule has 2 unspecified atom stereocenters. The van der Waals surface area contributed by atoms with Crippen molar-refractivity contribution in [1.82, 2.24) is 25.1 Å². The van der Waals surface area contributed by atoms with E-state index in [1.165, 1.54) is 18.5 Å². The molecular weight excluding hydrogens is 596 g/mol. The number of piperazine rings is 1. The van der Waals surface area contributed by atoms with Crippen molar-refractivity contribution in [2.24, 2.45) is 0 Å². The Hall–Kier alpha value is -2.25. The average Bonchev–Trinajstić information content (AvgIpc) is 3.60. The van der Waals surface area contributed by atoms with E-state index in [-0.39, 0.29) is 18.2 Å². The Balaban J connectivity index is 1.51. The number of ether oxygens (including phenoxy) is 2. The number of rotatable bonds is 9. The van der Waals surface area contributed by atoms with E-state index in [0.717, 1.165) is 26.2 Å². The average molecular weight is 633 g/mol. The summed E-state index contributed by atoms with van der Waals surface area (Å²) in [5, 5.41) is 28.1. The van der Waals surface area contributed by atoms with Gasteiger partial charge in [0.05, 0.1) is 24.3 Å². The van der Waals surface area contributed by atoms with Crippen LogP contribution in [0.5, 0.6) is 0 Å². The number of benzene rings is 2. The lowest BCUT2D eigenvalue weighted by molar-refractivity contribution is -0.204. The number of hydrogen-bond acceptors (Lipinski definition) is 9. The van der Waals surface area contributed by atoms with Crippen LogP contribution in [0, 0.1) is 5.82 Å². The highest BCUT2D eigenvalue weighted by Gasteiger charge is 2.56. The molecule has 43 heavy (non-hydrogen) atoms. The van der Waals surface area contributed by atoms with Gasteiger partial charge >= 0.3 is 0 Å². The first-order chi connectivity index (χ1) is 20.7. The summed E-state index contributed by atoms with van der Waals surface area (Å²) in [4.78, 5) is 12.5. The van der Waals surface area contributed by atoms with Crippen molar-refractivity contribution in [3.05, 3.63) is 92.7 Å². The number of hydrogen-bond donors (Lipinski definition) is 3. The number of aliphatic hydroxyl groups excluding tert-OH is 1. The fraction of sp³-hybridized carbons (Fsp3) is 0.484. The van der Waals surface area contributed by atoms with E-state index in [2.05, 4.69) is 20.2 Å². The van der Waals surface area contributed by atoms with Crippen molar-refractivity contribution in [3.63, 3.8) is 0 Å². The molecule has 0 amide bonds. The van der Waals surface area contributed by atoms with Gasteiger partial charge in [0, 0.05) is 73.4 Å². The molecule has 2 aromatic carbocycles. The quantitative estimate of drug-likeness (QED) is 0.324. The van der Waals surface area contributed by atoms with E-state index < -0.39 is 23.4 Å². The van der Waals surface area contributed by atoms with Crippen LogP contribution in [0.25, 0.3) is 0 Å². The van der Waals surface area contributed by atoms with Gasteiger partial charge in [0.15, 0.2) is 5.72 Å². The Morgan fingerprint density at radius 2 is 1.86 bits per heavy atom. The zero-order chi connectivity index (χ0) is 30.2. The lowest BCUT2D eigenvalue weighted by Gasteiger charge is -2.42. The van der Waals surface area contributed by atoms with Crippen LogP contribution in [0.3, 0.4) is 0 Å². The molecule has 0 aliphatic carbocycles. The number of fused-ring (bicyclic) bond motifs is 1. The van der Waals surface area contributed by atoms with Crippen LogP contribution in [-0.4, -0.2) is 82.0 Å². The summed E-state index contributed by atoms with van der Waals surface area (Å²) in [6, 6.07) is 10.1. The maximum absolute atomic E-state index is 16.8. The molecule has 3 N–H and O–H groups in total. The SMILES string of the molecule is CCC(O)(CN1CCNCC1)c1cc(F)c2c(c1)C(O)N(Cc1ncc(Cl)cn1)[C@@]2(O[C@H]1CCOC1)c1ccc(Cl)cc1. The van der Waals surface area contributed by atoms with Crippen molar-refractivity contribution < 1.29 is 24.1 Å². The van der Waals surface area contributed by atoms with E-state index in [1.54, 1.807) is 35.2 Å². The topological polar surface area (TPSA) is 103 Å². The predicted molar refractivity (Wildman–Crippen MR) is 160 cm³/mol. The van der Waals surface area contributed by atoms with Gasteiger partial charge in [0.1, 0.15) is 23.5 Å². The third kappa shape index (κ3) is 5.93. The number of aromatic nitrogens is 2. The van der Waals surface area contributed by atoms with E-state index in [0.29, 0.717) is 65.2 Å². The molecule has 3 aromatic rings. The first-order valence-corrected chi connectivity index (χ1v) is 15.4. The molecule has 0 spiro atoms. The molecule has 3 aliphatic heterocycles. The van der Waals surface area contributed by atoms with Crippen LogP contribution in [0.15, 0.2) is 48.8 Å². The van der Waals surface area contributed by atoms with Crippen molar-refractivity contribution >= 4 is 23.2 Å². The van der Waals surface area contributed by atoms with Gasteiger partial charge in [-0.05, 0) is 42.7 Å². The maximum Gasteiger partial charge on any atom is 0.180 e. The molecule has 1 aromatic heterocycles. The normalized spacial score (nSPS) is 26.0. The number of nitrogens with one attached hydrogen (secondary N) is 1. The minimum Gasteiger partial charge on any atom is -0.384 e. The molecule has 4 atom stereocenters. The van der Waals surface area contributed by atoms with Crippen LogP contribution >= 0.6 is 23.2 Å². The lowest BCUT2D eigenvalue weighted by atomic mass is 9.85. The summed E-state index contributed by atoms with van der Waals surface area (Å²) in [5.74, 6) is -0.225. The third-order valence-electron chi connectivity index (χ3n) is 8.70. The predicted octanol–water partition coefficient (Wildman–Crippen LogP) is 3.94. The first kappa shape index (κ1) is 30.8. The molecule has 230 valence electrons. The molecule has 3 aliphatic rings. The van der Waals surface area contributed by atoms with E-state index >= 15 is 4.39 Å². The van der Waals surface area contributed by atoms with Crippen LogP contribution in [0.1, 0.15) is 54.1 Å². The molecule has 0 radical (unpaired) electrons. The van der Waals surface area contributed by atoms with Crippen molar-refractivity contribution in [1.29, 1.82) is 0 Å². The second kappa shape index (κ2) is 12.6. The van der Waals surface area contributed by atoms with E-state index in [1.807, 2.05) is 6.92 Å². The molecule has 2 saturated heterocycles. The first-order valence-electron chi connectivity index (χ1n) is 14.7. The third-order valence-corrected chi connectivity index (χ3v) is 9.15. The fourth-order valence-electron chi connectivity index (χ4n) is 6.39. The molecule has 6 rings (SSSR count). The maximum atomic E-state index is 16.8. The van der Waals surface area contributed by atoms with Gasteiger partial charge in [0.25, 0.3) is 0 Å². The zero-order valence-electron chi connectivity index (χ0n) is 24.0. The van der Waals surface area contributed by atoms with Gasteiger partial charge in [-0.15, -0.1) is 0 Å². The van der Waals surface area contributed by atoms with Gasteiger partial charge in [-0.3, -0.25) is 4.90 Å². The summed E-state index contributed by atoms with van der Waals surface area (Å²) >= 11 is 12.3. The molecule has 12 heteroatoms. The number of aliphatic hydroxyl groups is 2. The summed E-state index contributed by atoms with van der Waals surface area (Å²) in [7, 11) is 0. The van der Waals surface area contributed by atoms with Gasteiger partial charge in [0.2, 0.25) is 0 Å². The molecule has 0 saturated carbocycles. The molecule has 9 nitrogen and oxygen atoms in total. The summed E-state index contributed by atoms with van der Waals surface area (Å²) in [6.45, 7) is 6.29. The smallest absolute Gasteiger partial charge is 0.180 e. The molecule has 2 fully saturated rings. The summed E-state index contributed by atoms with van der Waals surface area (Å²) < 4.78 is 29.3. The molecular formula is C31H36Cl2FN5O4. The van der Waals surface area contributed by atoms with Crippen molar-refractivity contribution in [3.8, 4) is 0 Å². The Labute approximate surface area is 260 Å². The highest BCUT2D eigenvalue weighted by Crippen LogP contribution is 2.53. The van der Waals surface area contributed by atoms with Gasteiger partial charge in [-0.25, -0.2) is 19.3 Å². The standard InChI is InChI=1S/C31H36Cl2FN5O4/c1-2-30(41,19-38-10-8-35-9-11-38)21-13-25-28(26(34)14-21)31(43-24-7-12-42-18-24,20-3-5-22(32)6-4-20)39(29(25)40)17-27-36-15-23(33)16-37-27/h3-6,13-16,24,29,35,40-41H,2,7-12,17-19H2,1H3/t24-,29?,30?,31+/m0/s1. The number of nitrogens with zero attached hydrogens (tertiary/aromatic N) is 4. The summed E-state index contributed by atoms with van der Waals surface area (Å²) in [6.07, 6.45) is 2.23. The van der Waals surface area contributed by atoms with Gasteiger partial charge in [-0.2, -0.15) is 0 Å². The minimum absolute atomic E-state index is 0.0107. The minimum atomic E-state index is -1.58. The monoisotopic (exact) mass is 631 g/mol. The van der Waals surface area contributed by atoms with Crippen LogP contribution in [-0.2, 0) is 27.3 Å². The van der Waals surface area contributed by atoms with Crippen molar-refractivity contribution in [2.45, 2.75) is 50.0 Å². The van der Waals surface area contributed by atoms with Crippen molar-refractivity contribution in [2.75, 3.05) is 45.9 Å². The highest BCUT2D eigenvalue weighted by atomic mass is 35.5. The Morgan fingerprint density at radius 1 is 1.14 bits per heavy atom. The van der Waals surface area contributed by atoms with E-state index in [9.17, 15) is 10.2 Å². The molecule has 0 bridgehead atoms. The van der Waals surface area contributed by atoms with Crippen LogP contribution in [0.2, 0.25) is 10.0 Å². The fourth-order valence-corrected chi connectivity index (χ4v) is 6.61. The second-order valence-corrected chi connectivity index (χ2v) is 12.3. The number of β-amino-alcohol motifs (C(OH)–C–C–N with tert-alkyl or cyclic N) is 1. The Bertz CT molecular complexity index is 1420. The lowest BCUT2D eigenvalue weighted by Crippen LogP contribution is -2.49. The second-order valence-electron chi connectivity index (χ2n) is 11.4. The Morgan fingerprint density at radius 3 is 2.51 bits per heavy atom. The van der Waals surface area contributed by atoms with Crippen LogP contribution in [0.4, 0.5) is 4.39 Å². The van der Waals surface area contributed by atoms with Gasteiger partial charge in [-0.1, -0.05) is 42.3 Å². The van der Waals surface area contributed by atoms with Gasteiger partial charge < -0.3 is 25.0 Å². The van der Waals surface area contributed by atoms with Crippen LogP contribution < -0.4 is 5.32 Å². The van der Waals surface area contributed by atoms with E-state index in [4.69, 9.17) is 32.7 Å². The zero-order valence-corrected chi connectivity index (χ0v) is 25.5. The Kier molecular flexibility index (Phi) is 9.03. The number of halogens is 3. The highest BCUT2D eigenvalue weighted by molar-refractivity contribution is 6.30.